The number of esters is 1. The molecule has 5 heteroatoms. The second-order valence-electron chi connectivity index (χ2n) is 4.04. The van der Waals surface area contributed by atoms with E-state index in [1.54, 1.807) is 12.4 Å². The van der Waals surface area contributed by atoms with Crippen molar-refractivity contribution in [3.05, 3.63) is 36.0 Å². The fraction of sp³-hybridized carbons (Fsp3) is 0.385. The number of nitrogens with zero attached hydrogens (tertiary/aromatic N) is 1. The largest absolute Gasteiger partial charge is 0.476 e. The first-order valence-electron chi connectivity index (χ1n) is 5.58. The second-order valence-corrected chi connectivity index (χ2v) is 4.04. The van der Waals surface area contributed by atoms with Crippen LogP contribution in [0.4, 0.5) is 0 Å². The molecule has 0 aliphatic rings. The minimum atomic E-state index is -0.670. The maximum atomic E-state index is 11.6. The van der Waals surface area contributed by atoms with Crippen molar-refractivity contribution in [2.24, 2.45) is 0 Å². The molecule has 0 bridgehead atoms. The van der Waals surface area contributed by atoms with E-state index in [-0.39, 0.29) is 5.70 Å². The van der Waals surface area contributed by atoms with Crippen LogP contribution < -0.4 is 4.57 Å². The van der Waals surface area contributed by atoms with E-state index in [0.717, 1.165) is 5.56 Å². The molecule has 0 aliphatic heterocycles. The number of aliphatic hydroxyl groups excluding tert-OH is 1. The van der Waals surface area contributed by atoms with Crippen LogP contribution in [0.25, 0.3) is 5.70 Å². The van der Waals surface area contributed by atoms with Crippen molar-refractivity contribution in [1.29, 1.82) is 0 Å². The van der Waals surface area contributed by atoms with E-state index in [2.05, 4.69) is 23.3 Å². The highest BCUT2D eigenvalue weighted by Gasteiger charge is 2.28. The Bertz CT molecular complexity index is 449. The van der Waals surface area contributed by atoms with Crippen LogP contribution in [-0.4, -0.2) is 25.3 Å². The van der Waals surface area contributed by atoms with Gasteiger partial charge in [-0.15, -0.1) is 0 Å². The normalized spacial score (nSPS) is 12.1. The summed E-state index contributed by atoms with van der Waals surface area (Å²) in [7, 11) is 2.52. The van der Waals surface area contributed by atoms with Gasteiger partial charge in [-0.2, -0.15) is 4.57 Å². The van der Waals surface area contributed by atoms with Crippen LogP contribution in [0.2, 0.25) is 0 Å². The summed E-state index contributed by atoms with van der Waals surface area (Å²) in [5.41, 5.74) is 1.07. The minimum Gasteiger partial charge on any atom is -0.476 e. The Balaban J connectivity index is 3.19. The fourth-order valence-electron chi connectivity index (χ4n) is 1.47. The molecule has 0 fully saturated rings. The topological polar surface area (TPSA) is 59.6 Å². The fourth-order valence-corrected chi connectivity index (χ4v) is 1.47. The molecule has 0 aliphatic carbocycles. The Hall–Kier alpha value is -2.04. The number of aromatic nitrogens is 1. The Morgan fingerprint density at radius 2 is 1.78 bits per heavy atom. The van der Waals surface area contributed by atoms with Gasteiger partial charge in [-0.05, 0) is 11.5 Å². The Kier molecular flexibility index (Phi) is 4.71. The molecule has 1 heterocycles. The summed E-state index contributed by atoms with van der Waals surface area (Å²) in [6, 6.07) is 3.74. The molecule has 0 unspecified atom stereocenters. The number of ether oxygens (including phenoxy) is 2. The van der Waals surface area contributed by atoms with E-state index in [4.69, 9.17) is 0 Å². The van der Waals surface area contributed by atoms with Crippen LogP contribution in [0, 0.1) is 0 Å². The summed E-state index contributed by atoms with van der Waals surface area (Å²) < 4.78 is 10.7. The van der Waals surface area contributed by atoms with Crippen molar-refractivity contribution in [1.82, 2.24) is 0 Å². The van der Waals surface area contributed by atoms with E-state index in [1.807, 2.05) is 12.1 Å². The molecular weight excluding hydrogens is 234 g/mol. The zero-order chi connectivity index (χ0) is 13.7. The lowest BCUT2D eigenvalue weighted by atomic mass is 10.1. The smallest absolute Gasteiger partial charge is 0.411 e. The summed E-state index contributed by atoms with van der Waals surface area (Å²) in [5, 5.41) is 9.59. The van der Waals surface area contributed by atoms with Gasteiger partial charge in [0.25, 0.3) is 0 Å². The lowest BCUT2D eigenvalue weighted by molar-refractivity contribution is -0.581. The highest BCUT2D eigenvalue weighted by Crippen LogP contribution is 2.12. The molecule has 1 aromatic rings. The first kappa shape index (κ1) is 14.0. The van der Waals surface area contributed by atoms with Gasteiger partial charge in [0.2, 0.25) is 0 Å². The monoisotopic (exact) mass is 252 g/mol. The third-order valence-corrected chi connectivity index (χ3v) is 2.55. The molecule has 0 amide bonds. The van der Waals surface area contributed by atoms with Gasteiger partial charge < -0.3 is 14.6 Å². The van der Waals surface area contributed by atoms with Crippen LogP contribution in [0.15, 0.2) is 30.5 Å². The molecule has 18 heavy (non-hydrogen) atoms. The van der Waals surface area contributed by atoms with Gasteiger partial charge in [0.15, 0.2) is 12.4 Å². The van der Waals surface area contributed by atoms with Crippen molar-refractivity contribution in [2.75, 3.05) is 14.2 Å². The van der Waals surface area contributed by atoms with Crippen molar-refractivity contribution in [2.45, 2.75) is 19.8 Å². The molecule has 1 N–H and O–H groups in total. The molecule has 0 saturated heterocycles. The van der Waals surface area contributed by atoms with Gasteiger partial charge >= 0.3 is 17.6 Å². The lowest BCUT2D eigenvalue weighted by Crippen LogP contribution is -2.37. The van der Waals surface area contributed by atoms with Crippen LogP contribution in [0.3, 0.4) is 0 Å². The summed E-state index contributed by atoms with van der Waals surface area (Å²) in [5.74, 6) is -0.762. The minimum absolute atomic E-state index is 0.0599. The van der Waals surface area contributed by atoms with Crippen molar-refractivity contribution in [3.63, 3.8) is 0 Å². The Morgan fingerprint density at radius 3 is 2.17 bits per heavy atom. The lowest BCUT2D eigenvalue weighted by Gasteiger charge is -2.05. The standard InChI is InChI=1S/C13H17NO4/c1-9(2)10-5-7-14(8-6-10)11(12(15)17-3)13(16)18-4/h5-9H,1-4H3/p+1. The number of aliphatic hydroxyl groups is 1. The predicted molar refractivity (Wildman–Crippen MR) is 65.6 cm³/mol. The summed E-state index contributed by atoms with van der Waals surface area (Å²) in [6.07, 6.45) is 3.35. The van der Waals surface area contributed by atoms with E-state index in [1.165, 1.54) is 18.8 Å². The number of carbonyl (C=O) groups is 1. The van der Waals surface area contributed by atoms with Crippen molar-refractivity contribution in [3.8, 4) is 0 Å². The van der Waals surface area contributed by atoms with E-state index in [0.29, 0.717) is 5.92 Å². The van der Waals surface area contributed by atoms with Crippen LogP contribution in [-0.2, 0) is 14.3 Å². The van der Waals surface area contributed by atoms with Gasteiger partial charge in [0.05, 0.1) is 14.2 Å². The summed E-state index contributed by atoms with van der Waals surface area (Å²) in [4.78, 5) is 11.6. The van der Waals surface area contributed by atoms with Gasteiger partial charge in [0.1, 0.15) is 0 Å². The number of rotatable bonds is 4. The molecule has 5 nitrogen and oxygen atoms in total. The summed E-state index contributed by atoms with van der Waals surface area (Å²) >= 11 is 0. The number of carbonyl (C=O) groups excluding carboxylic acids is 1. The highest BCUT2D eigenvalue weighted by molar-refractivity contribution is 6.06. The molecule has 1 rings (SSSR count). The number of hydrogen-bond donors (Lipinski definition) is 1. The van der Waals surface area contributed by atoms with E-state index < -0.39 is 11.9 Å². The van der Waals surface area contributed by atoms with Gasteiger partial charge in [-0.25, -0.2) is 4.79 Å². The highest BCUT2D eigenvalue weighted by atomic mass is 16.6. The average Bonchev–Trinajstić information content (AvgIpc) is 2.39. The maximum Gasteiger partial charge on any atom is 0.411 e. The molecule has 0 radical (unpaired) electrons. The van der Waals surface area contributed by atoms with Gasteiger partial charge in [0, 0.05) is 12.1 Å². The molecule has 1 aromatic heterocycles. The van der Waals surface area contributed by atoms with Gasteiger partial charge in [-0.3, -0.25) is 0 Å². The van der Waals surface area contributed by atoms with Crippen LogP contribution in [0.1, 0.15) is 25.3 Å². The molecular formula is C13H18NO4+. The average molecular weight is 252 g/mol. The second kappa shape index (κ2) is 6.05. The third-order valence-electron chi connectivity index (χ3n) is 2.55. The zero-order valence-corrected chi connectivity index (χ0v) is 11.0. The quantitative estimate of drug-likeness (QED) is 0.383. The Labute approximate surface area is 106 Å². The van der Waals surface area contributed by atoms with Crippen molar-refractivity contribution >= 4 is 11.7 Å². The molecule has 0 aromatic carbocycles. The SMILES string of the molecule is COC(=O)/C(=C(\O)OC)[n+]1ccc(C(C)C)cc1. The third kappa shape index (κ3) is 3.00. The number of hydrogen-bond acceptors (Lipinski definition) is 4. The van der Waals surface area contributed by atoms with Crippen molar-refractivity contribution < 1.29 is 23.9 Å². The number of pyridine rings is 1. The maximum absolute atomic E-state index is 11.6. The van der Waals surface area contributed by atoms with Crippen LogP contribution >= 0.6 is 0 Å². The van der Waals surface area contributed by atoms with Gasteiger partial charge in [-0.1, -0.05) is 13.8 Å². The first-order chi connectivity index (χ1) is 8.51. The molecule has 98 valence electrons. The predicted octanol–water partition coefficient (Wildman–Crippen LogP) is 1.60. The zero-order valence-electron chi connectivity index (χ0n) is 11.0. The first-order valence-corrected chi connectivity index (χ1v) is 5.58. The summed E-state index contributed by atoms with van der Waals surface area (Å²) in [6.45, 7) is 4.15. The molecule has 0 atom stereocenters. The molecule has 0 saturated carbocycles. The van der Waals surface area contributed by atoms with Crippen LogP contribution in [0.5, 0.6) is 0 Å². The van der Waals surface area contributed by atoms with E-state index >= 15 is 0 Å². The van der Waals surface area contributed by atoms with E-state index in [9.17, 15) is 9.90 Å². The number of methoxy groups -OCH3 is 2. The molecule has 0 spiro atoms. The Morgan fingerprint density at radius 1 is 1.22 bits per heavy atom.